The maximum Gasteiger partial charge on any atom is 0.185 e. The molecule has 0 aromatic heterocycles. The smallest absolute Gasteiger partial charge is 0.185 e. The molecule has 0 spiro atoms. The van der Waals surface area contributed by atoms with Crippen molar-refractivity contribution in [3.05, 3.63) is 34.9 Å². The minimum atomic E-state index is -1.37. The first kappa shape index (κ1) is 15.7. The fraction of sp³-hybridized carbons (Fsp3) is 0.538. The summed E-state index contributed by atoms with van der Waals surface area (Å²) in [7, 11) is 0. The van der Waals surface area contributed by atoms with Crippen LogP contribution in [-0.2, 0) is 9.47 Å². The molecule has 6 nitrogen and oxygen atoms in total. The predicted molar refractivity (Wildman–Crippen MR) is 70.1 cm³/mol. The third-order valence-electron chi connectivity index (χ3n) is 3.16. The lowest BCUT2D eigenvalue weighted by atomic mass is 10.0. The first-order valence-corrected chi connectivity index (χ1v) is 6.59. The Kier molecular flexibility index (Phi) is 5.34. The molecular formula is C13H17ClO6. The zero-order valence-corrected chi connectivity index (χ0v) is 11.3. The molecule has 4 N–H and O–H groups in total. The van der Waals surface area contributed by atoms with E-state index in [0.29, 0.717) is 10.6 Å². The van der Waals surface area contributed by atoms with E-state index >= 15 is 0 Å². The van der Waals surface area contributed by atoms with Crippen LogP contribution in [0.5, 0.6) is 0 Å². The molecule has 0 saturated carbocycles. The van der Waals surface area contributed by atoms with Crippen LogP contribution in [-0.4, -0.2) is 58.1 Å². The maximum atomic E-state index is 9.89. The molecule has 5 atom stereocenters. The molecule has 1 aromatic rings. The Labute approximate surface area is 121 Å². The minimum Gasteiger partial charge on any atom is -0.394 e. The molecule has 1 aliphatic rings. The Morgan fingerprint density at radius 1 is 1.20 bits per heavy atom. The first-order valence-electron chi connectivity index (χ1n) is 6.21. The van der Waals surface area contributed by atoms with Gasteiger partial charge < -0.3 is 29.9 Å². The second kappa shape index (κ2) is 6.82. The Bertz CT molecular complexity index is 443. The molecule has 112 valence electrons. The van der Waals surface area contributed by atoms with Gasteiger partial charge in [-0.25, -0.2) is 0 Å². The monoisotopic (exact) mass is 304 g/mol. The summed E-state index contributed by atoms with van der Waals surface area (Å²) in [5.41, 5.74) is 0.643. The van der Waals surface area contributed by atoms with Crippen molar-refractivity contribution in [3.63, 3.8) is 0 Å². The van der Waals surface area contributed by atoms with Crippen molar-refractivity contribution in [1.82, 2.24) is 0 Å². The van der Waals surface area contributed by atoms with Crippen LogP contribution in [0.25, 0.3) is 0 Å². The number of rotatable bonds is 5. The van der Waals surface area contributed by atoms with Crippen molar-refractivity contribution >= 4 is 11.6 Å². The molecule has 20 heavy (non-hydrogen) atoms. The molecule has 1 aliphatic heterocycles. The van der Waals surface area contributed by atoms with Gasteiger partial charge in [0.2, 0.25) is 0 Å². The fourth-order valence-electron chi connectivity index (χ4n) is 2.08. The van der Waals surface area contributed by atoms with E-state index in [9.17, 15) is 15.3 Å². The van der Waals surface area contributed by atoms with Crippen LogP contribution in [0.15, 0.2) is 24.3 Å². The third-order valence-corrected chi connectivity index (χ3v) is 3.40. The van der Waals surface area contributed by atoms with Gasteiger partial charge in [0.05, 0.1) is 13.2 Å². The Morgan fingerprint density at radius 3 is 2.55 bits per heavy atom. The fourth-order valence-corrected chi connectivity index (χ4v) is 2.28. The summed E-state index contributed by atoms with van der Waals surface area (Å²) < 4.78 is 11.0. The number of halogens is 1. The molecule has 2 rings (SSSR count). The maximum absolute atomic E-state index is 9.89. The summed E-state index contributed by atoms with van der Waals surface area (Å²) in [6.07, 6.45) is -5.25. The minimum absolute atomic E-state index is 0.378. The molecule has 1 heterocycles. The van der Waals surface area contributed by atoms with Crippen molar-refractivity contribution in [1.29, 1.82) is 0 Å². The van der Waals surface area contributed by atoms with E-state index in [1.165, 1.54) is 0 Å². The van der Waals surface area contributed by atoms with Gasteiger partial charge in [-0.2, -0.15) is 0 Å². The number of aliphatic hydroxyl groups is 4. The van der Waals surface area contributed by atoms with Crippen molar-refractivity contribution in [2.75, 3.05) is 13.2 Å². The molecule has 0 amide bonds. The molecule has 1 fully saturated rings. The van der Waals surface area contributed by atoms with Crippen LogP contribution < -0.4 is 0 Å². The van der Waals surface area contributed by atoms with Gasteiger partial charge in [0.25, 0.3) is 0 Å². The lowest BCUT2D eigenvalue weighted by molar-refractivity contribution is -0.113. The lowest BCUT2D eigenvalue weighted by Crippen LogP contribution is -2.45. The topological polar surface area (TPSA) is 99.4 Å². The van der Waals surface area contributed by atoms with E-state index in [1.807, 2.05) is 0 Å². The molecular weight excluding hydrogens is 288 g/mol. The summed E-state index contributed by atoms with van der Waals surface area (Å²) in [4.78, 5) is 0. The Hall–Kier alpha value is -0.730. The van der Waals surface area contributed by atoms with Gasteiger partial charge in [0, 0.05) is 10.6 Å². The molecule has 0 radical (unpaired) electrons. The zero-order chi connectivity index (χ0) is 14.7. The van der Waals surface area contributed by atoms with Gasteiger partial charge in [0.1, 0.15) is 24.4 Å². The number of ether oxygens (including phenoxy) is 2. The molecule has 1 aromatic carbocycles. The van der Waals surface area contributed by atoms with E-state index in [4.69, 9.17) is 26.2 Å². The van der Waals surface area contributed by atoms with Crippen LogP contribution in [0.2, 0.25) is 5.02 Å². The van der Waals surface area contributed by atoms with Gasteiger partial charge in [-0.3, -0.25) is 0 Å². The highest BCUT2D eigenvalue weighted by Gasteiger charge is 2.43. The van der Waals surface area contributed by atoms with Gasteiger partial charge >= 0.3 is 0 Å². The highest BCUT2D eigenvalue weighted by atomic mass is 35.5. The predicted octanol–water partition coefficient (Wildman–Crippen LogP) is -0.171. The SMILES string of the molecule is OC[C@@H](O)[C@@H](O)[C@@H]1OC(c2cccc(Cl)c2)O[C@H]1CO. The number of benzene rings is 1. The van der Waals surface area contributed by atoms with E-state index in [-0.39, 0.29) is 6.61 Å². The van der Waals surface area contributed by atoms with Crippen molar-refractivity contribution in [2.24, 2.45) is 0 Å². The summed E-state index contributed by atoms with van der Waals surface area (Å²) in [6.45, 7) is -0.988. The summed E-state index contributed by atoms with van der Waals surface area (Å²) >= 11 is 5.88. The van der Waals surface area contributed by atoms with E-state index in [1.54, 1.807) is 24.3 Å². The van der Waals surface area contributed by atoms with Crippen LogP contribution in [0.4, 0.5) is 0 Å². The second-order valence-corrected chi connectivity index (χ2v) is 5.02. The van der Waals surface area contributed by atoms with Crippen LogP contribution in [0, 0.1) is 0 Å². The van der Waals surface area contributed by atoms with Crippen molar-refractivity contribution in [2.45, 2.75) is 30.7 Å². The van der Waals surface area contributed by atoms with Crippen LogP contribution >= 0.6 is 11.6 Å². The van der Waals surface area contributed by atoms with Gasteiger partial charge in [-0.1, -0.05) is 23.7 Å². The van der Waals surface area contributed by atoms with Crippen molar-refractivity contribution in [3.8, 4) is 0 Å². The molecule has 1 unspecified atom stereocenters. The summed E-state index contributed by atoms with van der Waals surface area (Å²) in [6, 6.07) is 6.82. The summed E-state index contributed by atoms with van der Waals surface area (Å²) in [5, 5.41) is 38.0. The molecule has 0 aliphatic carbocycles. The van der Waals surface area contributed by atoms with Crippen LogP contribution in [0.3, 0.4) is 0 Å². The van der Waals surface area contributed by atoms with E-state index in [0.717, 1.165) is 0 Å². The van der Waals surface area contributed by atoms with Gasteiger partial charge in [0.15, 0.2) is 6.29 Å². The highest BCUT2D eigenvalue weighted by Crippen LogP contribution is 2.34. The normalized spacial score (nSPS) is 29.4. The third kappa shape index (κ3) is 3.29. The van der Waals surface area contributed by atoms with Crippen LogP contribution in [0.1, 0.15) is 11.9 Å². The molecule has 0 bridgehead atoms. The Balaban J connectivity index is 2.13. The Morgan fingerprint density at radius 2 is 1.95 bits per heavy atom. The first-order chi connectivity index (χ1) is 9.56. The molecule has 1 saturated heterocycles. The average Bonchev–Trinajstić information content (AvgIpc) is 2.89. The quantitative estimate of drug-likeness (QED) is 0.603. The zero-order valence-electron chi connectivity index (χ0n) is 10.6. The molecule has 7 heteroatoms. The van der Waals surface area contributed by atoms with E-state index < -0.39 is 37.3 Å². The summed E-state index contributed by atoms with van der Waals surface area (Å²) in [5.74, 6) is 0. The van der Waals surface area contributed by atoms with E-state index in [2.05, 4.69) is 0 Å². The number of hydrogen-bond donors (Lipinski definition) is 4. The highest BCUT2D eigenvalue weighted by molar-refractivity contribution is 6.30. The van der Waals surface area contributed by atoms with Gasteiger partial charge in [-0.15, -0.1) is 0 Å². The average molecular weight is 305 g/mol. The van der Waals surface area contributed by atoms with Crippen molar-refractivity contribution < 1.29 is 29.9 Å². The number of hydrogen-bond acceptors (Lipinski definition) is 6. The lowest BCUT2D eigenvalue weighted by Gasteiger charge is -2.23. The standard InChI is InChI=1S/C13H17ClO6/c14-8-3-1-2-7(4-8)13-19-10(6-16)12(20-13)11(18)9(17)5-15/h1-4,9-13,15-18H,5-6H2/t9-,10+,11-,12-,13?/m1/s1. The van der Waals surface area contributed by atoms with Gasteiger partial charge in [-0.05, 0) is 12.1 Å². The second-order valence-electron chi connectivity index (χ2n) is 4.59. The number of aliphatic hydroxyl groups excluding tert-OH is 4. The largest absolute Gasteiger partial charge is 0.394 e.